The van der Waals surface area contributed by atoms with Crippen molar-refractivity contribution in [3.63, 3.8) is 0 Å². The van der Waals surface area contributed by atoms with Crippen LogP contribution in [-0.2, 0) is 0 Å². The lowest BCUT2D eigenvalue weighted by Crippen LogP contribution is -1.95. The van der Waals surface area contributed by atoms with E-state index in [0.29, 0.717) is 17.1 Å². The molecule has 2 heterocycles. The quantitative estimate of drug-likeness (QED) is 0.721. The molecule has 1 aliphatic carbocycles. The van der Waals surface area contributed by atoms with Gasteiger partial charge in [0.2, 0.25) is 0 Å². The van der Waals surface area contributed by atoms with Crippen LogP contribution in [-0.4, -0.2) is 20.9 Å². The largest absolute Gasteiger partial charge is 0.298 e. The van der Waals surface area contributed by atoms with Crippen LogP contribution in [0.2, 0.25) is 0 Å². The molecule has 0 spiro atoms. The molecule has 0 aromatic carbocycles. The van der Waals surface area contributed by atoms with E-state index in [-0.39, 0.29) is 0 Å². The number of fused-ring (bicyclic) bond motifs is 1. The van der Waals surface area contributed by atoms with Crippen molar-refractivity contribution in [2.75, 3.05) is 0 Å². The fourth-order valence-corrected chi connectivity index (χ4v) is 2.39. The van der Waals surface area contributed by atoms with Gasteiger partial charge in [0.15, 0.2) is 17.8 Å². The summed E-state index contributed by atoms with van der Waals surface area (Å²) < 4.78 is 1.71. The first-order valence-electron chi connectivity index (χ1n) is 5.69. The van der Waals surface area contributed by atoms with Crippen LogP contribution in [0, 0.1) is 0 Å². The maximum Gasteiger partial charge on any atom is 0.166 e. The Hall–Kier alpha value is -1.71. The zero-order valence-electron chi connectivity index (χ0n) is 8.97. The Balaban J connectivity index is 2.11. The highest BCUT2D eigenvalue weighted by Crippen LogP contribution is 2.32. The number of carbonyl (C=O) groups is 1. The van der Waals surface area contributed by atoms with Crippen molar-refractivity contribution in [1.29, 1.82) is 0 Å². The van der Waals surface area contributed by atoms with Gasteiger partial charge in [-0.15, -0.1) is 0 Å². The minimum Gasteiger partial charge on any atom is -0.298 e. The number of nitrogens with zero attached hydrogens (tertiary/aromatic N) is 3. The van der Waals surface area contributed by atoms with Crippen LogP contribution in [0.5, 0.6) is 0 Å². The molecule has 1 saturated carbocycles. The summed E-state index contributed by atoms with van der Waals surface area (Å²) in [4.78, 5) is 15.4. The second-order valence-corrected chi connectivity index (χ2v) is 4.30. The maximum absolute atomic E-state index is 10.9. The molecule has 0 unspecified atom stereocenters. The van der Waals surface area contributed by atoms with E-state index in [1.807, 2.05) is 12.3 Å². The number of hydrogen-bond acceptors (Lipinski definition) is 3. The third-order valence-corrected chi connectivity index (χ3v) is 3.26. The Morgan fingerprint density at radius 2 is 2.19 bits per heavy atom. The third kappa shape index (κ3) is 1.41. The van der Waals surface area contributed by atoms with Gasteiger partial charge in [0.05, 0.1) is 5.56 Å². The maximum atomic E-state index is 10.9. The van der Waals surface area contributed by atoms with E-state index >= 15 is 0 Å². The van der Waals surface area contributed by atoms with E-state index in [0.717, 1.165) is 12.1 Å². The van der Waals surface area contributed by atoms with Crippen LogP contribution in [0.25, 0.3) is 5.65 Å². The summed E-state index contributed by atoms with van der Waals surface area (Å²) in [6.07, 6.45) is 7.55. The number of aldehydes is 1. The lowest BCUT2D eigenvalue weighted by molar-refractivity contribution is 0.112. The van der Waals surface area contributed by atoms with Gasteiger partial charge in [-0.3, -0.25) is 4.79 Å². The molecular weight excluding hydrogens is 202 g/mol. The van der Waals surface area contributed by atoms with Gasteiger partial charge in [0, 0.05) is 12.1 Å². The molecule has 2 aromatic heterocycles. The van der Waals surface area contributed by atoms with Gasteiger partial charge in [0.1, 0.15) is 0 Å². The van der Waals surface area contributed by atoms with Gasteiger partial charge in [-0.1, -0.05) is 12.8 Å². The summed E-state index contributed by atoms with van der Waals surface area (Å²) in [7, 11) is 0. The van der Waals surface area contributed by atoms with Crippen molar-refractivity contribution < 1.29 is 4.79 Å². The Kier molecular flexibility index (Phi) is 2.20. The average Bonchev–Trinajstić information content (AvgIpc) is 2.96. The Labute approximate surface area is 93.3 Å². The molecule has 0 bridgehead atoms. The van der Waals surface area contributed by atoms with Crippen molar-refractivity contribution in [1.82, 2.24) is 14.6 Å². The summed E-state index contributed by atoms with van der Waals surface area (Å²) in [6.45, 7) is 0. The molecule has 3 rings (SSSR count). The molecule has 4 heteroatoms. The van der Waals surface area contributed by atoms with Gasteiger partial charge in [-0.25, -0.2) is 9.50 Å². The minimum atomic E-state index is 0.486. The van der Waals surface area contributed by atoms with Gasteiger partial charge in [-0.2, -0.15) is 5.10 Å². The van der Waals surface area contributed by atoms with E-state index in [9.17, 15) is 4.79 Å². The summed E-state index contributed by atoms with van der Waals surface area (Å²) in [5, 5.41) is 4.45. The van der Waals surface area contributed by atoms with Crippen molar-refractivity contribution in [2.24, 2.45) is 0 Å². The highest BCUT2D eigenvalue weighted by Gasteiger charge is 2.21. The van der Waals surface area contributed by atoms with Crippen LogP contribution in [0.4, 0.5) is 0 Å². The smallest absolute Gasteiger partial charge is 0.166 e. The van der Waals surface area contributed by atoms with E-state index in [1.165, 1.54) is 25.7 Å². The summed E-state index contributed by atoms with van der Waals surface area (Å²) in [5.41, 5.74) is 1.29. The van der Waals surface area contributed by atoms with Crippen molar-refractivity contribution in [2.45, 2.75) is 31.6 Å². The first kappa shape index (κ1) is 9.51. The van der Waals surface area contributed by atoms with E-state index in [1.54, 1.807) is 10.6 Å². The van der Waals surface area contributed by atoms with Crippen molar-refractivity contribution in [3.8, 4) is 0 Å². The van der Waals surface area contributed by atoms with Crippen molar-refractivity contribution in [3.05, 3.63) is 29.7 Å². The molecule has 0 saturated heterocycles. The fraction of sp³-hybridized carbons (Fsp3) is 0.417. The molecule has 82 valence electrons. The lowest BCUT2D eigenvalue weighted by Gasteiger charge is -2.00. The molecule has 1 fully saturated rings. The minimum absolute atomic E-state index is 0.486. The summed E-state index contributed by atoms with van der Waals surface area (Å²) in [6, 6.07) is 3.60. The Morgan fingerprint density at radius 3 is 2.94 bits per heavy atom. The second kappa shape index (κ2) is 3.70. The molecule has 0 N–H and O–H groups in total. The number of pyridine rings is 1. The lowest BCUT2D eigenvalue weighted by atomic mass is 10.1. The van der Waals surface area contributed by atoms with Gasteiger partial charge >= 0.3 is 0 Å². The zero-order chi connectivity index (χ0) is 11.0. The van der Waals surface area contributed by atoms with Crippen LogP contribution in [0.3, 0.4) is 0 Å². The molecule has 0 atom stereocenters. The standard InChI is InChI=1S/C12H13N3O/c16-8-10-6-3-7-15-12(10)13-11(14-15)9-4-1-2-5-9/h3,6-9H,1-2,4-5H2. The molecule has 1 aliphatic rings. The monoisotopic (exact) mass is 215 g/mol. The van der Waals surface area contributed by atoms with Gasteiger partial charge in [0.25, 0.3) is 0 Å². The molecular formula is C12H13N3O. The highest BCUT2D eigenvalue weighted by molar-refractivity contribution is 5.83. The molecule has 2 aromatic rings. The fourth-order valence-electron chi connectivity index (χ4n) is 2.39. The number of aromatic nitrogens is 3. The first-order valence-corrected chi connectivity index (χ1v) is 5.69. The molecule has 0 amide bonds. The number of hydrogen-bond donors (Lipinski definition) is 0. The van der Waals surface area contributed by atoms with E-state index in [4.69, 9.17) is 0 Å². The van der Waals surface area contributed by atoms with Crippen molar-refractivity contribution >= 4 is 11.9 Å². The predicted molar refractivity (Wildman–Crippen MR) is 59.6 cm³/mol. The van der Waals surface area contributed by atoms with Gasteiger partial charge in [-0.05, 0) is 25.0 Å². The average molecular weight is 215 g/mol. The van der Waals surface area contributed by atoms with E-state index < -0.39 is 0 Å². The van der Waals surface area contributed by atoms with Gasteiger partial charge < -0.3 is 0 Å². The summed E-state index contributed by atoms with van der Waals surface area (Å²) >= 11 is 0. The third-order valence-electron chi connectivity index (χ3n) is 3.26. The molecule has 16 heavy (non-hydrogen) atoms. The van der Waals surface area contributed by atoms with Crippen LogP contribution >= 0.6 is 0 Å². The van der Waals surface area contributed by atoms with Crippen LogP contribution < -0.4 is 0 Å². The highest BCUT2D eigenvalue weighted by atomic mass is 16.1. The number of carbonyl (C=O) groups excluding carboxylic acids is 1. The Bertz CT molecular complexity index is 526. The summed E-state index contributed by atoms with van der Waals surface area (Å²) in [5.74, 6) is 1.38. The first-order chi connectivity index (χ1) is 7.88. The predicted octanol–water partition coefficient (Wildman–Crippen LogP) is 2.20. The van der Waals surface area contributed by atoms with Crippen LogP contribution in [0.1, 0.15) is 47.8 Å². The number of rotatable bonds is 2. The van der Waals surface area contributed by atoms with Crippen LogP contribution in [0.15, 0.2) is 18.3 Å². The Morgan fingerprint density at radius 1 is 1.38 bits per heavy atom. The molecule has 0 radical (unpaired) electrons. The SMILES string of the molecule is O=Cc1cccn2nc(C3CCCC3)nc12. The van der Waals surface area contributed by atoms with E-state index in [2.05, 4.69) is 10.1 Å². The molecule has 4 nitrogen and oxygen atoms in total. The topological polar surface area (TPSA) is 47.3 Å². The molecule has 0 aliphatic heterocycles. The zero-order valence-corrected chi connectivity index (χ0v) is 8.97. The normalized spacial score (nSPS) is 17.0. The second-order valence-electron chi connectivity index (χ2n) is 4.30.